The summed E-state index contributed by atoms with van der Waals surface area (Å²) in [4.78, 5) is 0. The number of hydrogen-bond donors (Lipinski definition) is 0. The third-order valence-corrected chi connectivity index (χ3v) is 3.20. The van der Waals surface area contributed by atoms with Crippen LogP contribution in [0, 0.1) is 0 Å². The Morgan fingerprint density at radius 3 is 2.54 bits per heavy atom. The molecule has 0 saturated heterocycles. The maximum Gasteiger partial charge on any atom is 0.231 e. The molecule has 0 bridgehead atoms. The van der Waals surface area contributed by atoms with Crippen LogP contribution in [0.5, 0.6) is 11.5 Å². The molecular weight excluding hydrogens is 232 g/mol. The zero-order valence-corrected chi connectivity index (χ0v) is 8.63. The molecule has 0 radical (unpaired) electrons. The molecule has 13 heavy (non-hydrogen) atoms. The van der Waals surface area contributed by atoms with Gasteiger partial charge in [-0.15, -0.1) is 0 Å². The predicted octanol–water partition coefficient (Wildman–Crippen LogP) is 3.06. The van der Waals surface area contributed by atoms with Gasteiger partial charge in [-0.05, 0) is 36.5 Å². The smallest absolute Gasteiger partial charge is 0.231 e. The topological polar surface area (TPSA) is 18.5 Å². The summed E-state index contributed by atoms with van der Waals surface area (Å²) in [5, 5.41) is 0. The molecule has 0 N–H and O–H groups in total. The van der Waals surface area contributed by atoms with E-state index in [-0.39, 0.29) is 0 Å². The maximum absolute atomic E-state index is 5.33. The van der Waals surface area contributed by atoms with Crippen molar-refractivity contribution in [3.8, 4) is 11.5 Å². The van der Waals surface area contributed by atoms with E-state index in [9.17, 15) is 0 Å². The average Bonchev–Trinajstić information content (AvgIpc) is 2.85. The van der Waals surface area contributed by atoms with E-state index in [1.807, 2.05) is 6.07 Å². The minimum absolute atomic E-state index is 0.357. The van der Waals surface area contributed by atoms with E-state index >= 15 is 0 Å². The first-order valence-electron chi connectivity index (χ1n) is 4.43. The lowest BCUT2D eigenvalue weighted by Gasteiger charge is -2.03. The molecule has 1 aromatic rings. The Morgan fingerprint density at radius 1 is 1.15 bits per heavy atom. The fourth-order valence-corrected chi connectivity index (χ4v) is 2.29. The second kappa shape index (κ2) is 2.64. The summed E-state index contributed by atoms with van der Waals surface area (Å²) < 4.78 is 11.8. The number of fused-ring (bicyclic) bond motifs is 1. The van der Waals surface area contributed by atoms with Crippen molar-refractivity contribution in [3.63, 3.8) is 0 Å². The summed E-state index contributed by atoms with van der Waals surface area (Å²) in [5.74, 6) is 2.49. The van der Waals surface area contributed by atoms with Crippen molar-refractivity contribution in [2.24, 2.45) is 0 Å². The van der Waals surface area contributed by atoms with Gasteiger partial charge < -0.3 is 9.47 Å². The van der Waals surface area contributed by atoms with Crippen LogP contribution >= 0.6 is 15.9 Å². The number of rotatable bonds is 1. The second-order valence-electron chi connectivity index (χ2n) is 3.50. The van der Waals surface area contributed by atoms with Gasteiger partial charge in [-0.3, -0.25) is 0 Å². The zero-order chi connectivity index (χ0) is 8.84. The SMILES string of the molecule is Brc1cc2c(cc1C1CC1)OCO2. The van der Waals surface area contributed by atoms with Crippen LogP contribution in [0.15, 0.2) is 16.6 Å². The molecule has 0 spiro atoms. The lowest BCUT2D eigenvalue weighted by Crippen LogP contribution is -1.92. The van der Waals surface area contributed by atoms with E-state index < -0.39 is 0 Å². The molecule has 1 aromatic carbocycles. The van der Waals surface area contributed by atoms with Gasteiger partial charge in [0.05, 0.1) is 0 Å². The third-order valence-electron chi connectivity index (χ3n) is 2.51. The molecule has 3 rings (SSSR count). The maximum atomic E-state index is 5.33. The van der Waals surface area contributed by atoms with Crippen LogP contribution in [0.1, 0.15) is 24.3 Å². The fourth-order valence-electron chi connectivity index (χ4n) is 1.64. The van der Waals surface area contributed by atoms with Crippen molar-refractivity contribution in [2.75, 3.05) is 6.79 Å². The molecule has 2 aliphatic rings. The average molecular weight is 241 g/mol. The molecule has 3 heteroatoms. The molecule has 0 aromatic heterocycles. The molecule has 1 fully saturated rings. The highest BCUT2D eigenvalue weighted by molar-refractivity contribution is 9.10. The van der Waals surface area contributed by atoms with Crippen LogP contribution in [0.3, 0.4) is 0 Å². The lowest BCUT2D eigenvalue weighted by atomic mass is 10.1. The largest absolute Gasteiger partial charge is 0.454 e. The minimum Gasteiger partial charge on any atom is -0.454 e. The van der Waals surface area contributed by atoms with Crippen LogP contribution in [-0.2, 0) is 0 Å². The molecule has 1 aliphatic carbocycles. The Morgan fingerprint density at radius 2 is 1.85 bits per heavy atom. The second-order valence-corrected chi connectivity index (χ2v) is 4.36. The Kier molecular flexibility index (Phi) is 1.56. The van der Waals surface area contributed by atoms with Gasteiger partial charge in [-0.1, -0.05) is 15.9 Å². The highest BCUT2D eigenvalue weighted by atomic mass is 79.9. The molecule has 1 saturated carbocycles. The molecule has 68 valence electrons. The third kappa shape index (κ3) is 1.22. The molecule has 0 amide bonds. The van der Waals surface area contributed by atoms with Gasteiger partial charge in [0.2, 0.25) is 6.79 Å². The first-order chi connectivity index (χ1) is 6.34. The van der Waals surface area contributed by atoms with Crippen LogP contribution in [0.25, 0.3) is 0 Å². The fraction of sp³-hybridized carbons (Fsp3) is 0.400. The molecular formula is C10H9BrO2. The molecule has 1 aliphatic heterocycles. The van der Waals surface area contributed by atoms with Gasteiger partial charge in [0.1, 0.15) is 0 Å². The Balaban J connectivity index is 2.10. The number of halogens is 1. The lowest BCUT2D eigenvalue weighted by molar-refractivity contribution is 0.174. The summed E-state index contributed by atoms with van der Waals surface area (Å²) >= 11 is 3.55. The van der Waals surface area contributed by atoms with Crippen molar-refractivity contribution < 1.29 is 9.47 Å². The number of hydrogen-bond acceptors (Lipinski definition) is 2. The summed E-state index contributed by atoms with van der Waals surface area (Å²) in [5.41, 5.74) is 1.37. The van der Waals surface area contributed by atoms with E-state index in [1.165, 1.54) is 18.4 Å². The highest BCUT2D eigenvalue weighted by Gasteiger charge is 2.28. The minimum atomic E-state index is 0.357. The molecule has 2 nitrogen and oxygen atoms in total. The quantitative estimate of drug-likeness (QED) is 0.752. The first-order valence-corrected chi connectivity index (χ1v) is 5.23. The molecule has 0 atom stereocenters. The van der Waals surface area contributed by atoms with E-state index in [2.05, 4.69) is 22.0 Å². The number of ether oxygens (including phenoxy) is 2. The Labute approximate surface area is 85.0 Å². The Hall–Kier alpha value is -0.700. The van der Waals surface area contributed by atoms with Crippen molar-refractivity contribution >= 4 is 15.9 Å². The van der Waals surface area contributed by atoms with Gasteiger partial charge in [-0.2, -0.15) is 0 Å². The summed E-state index contributed by atoms with van der Waals surface area (Å²) in [6.07, 6.45) is 2.61. The van der Waals surface area contributed by atoms with Crippen molar-refractivity contribution in [3.05, 3.63) is 22.2 Å². The standard InChI is InChI=1S/C10H9BrO2/c11-8-4-10-9(12-5-13-10)3-7(8)6-1-2-6/h3-4,6H,1-2,5H2. The van der Waals surface area contributed by atoms with E-state index in [1.54, 1.807) is 0 Å². The van der Waals surface area contributed by atoms with Crippen molar-refractivity contribution in [1.82, 2.24) is 0 Å². The van der Waals surface area contributed by atoms with Gasteiger partial charge in [0, 0.05) is 4.47 Å². The van der Waals surface area contributed by atoms with Crippen LogP contribution in [0.2, 0.25) is 0 Å². The van der Waals surface area contributed by atoms with E-state index in [0.29, 0.717) is 6.79 Å². The van der Waals surface area contributed by atoms with Gasteiger partial charge in [0.15, 0.2) is 11.5 Å². The van der Waals surface area contributed by atoms with Gasteiger partial charge >= 0.3 is 0 Å². The summed E-state index contributed by atoms with van der Waals surface area (Å²) in [7, 11) is 0. The van der Waals surface area contributed by atoms with E-state index in [0.717, 1.165) is 21.9 Å². The van der Waals surface area contributed by atoms with Crippen LogP contribution in [0.4, 0.5) is 0 Å². The normalized spacial score (nSPS) is 19.2. The zero-order valence-electron chi connectivity index (χ0n) is 7.05. The van der Waals surface area contributed by atoms with Gasteiger partial charge in [-0.25, -0.2) is 0 Å². The molecule has 0 unspecified atom stereocenters. The van der Waals surface area contributed by atoms with Crippen molar-refractivity contribution in [2.45, 2.75) is 18.8 Å². The van der Waals surface area contributed by atoms with Crippen LogP contribution in [-0.4, -0.2) is 6.79 Å². The molecule has 1 heterocycles. The number of benzene rings is 1. The van der Waals surface area contributed by atoms with Crippen LogP contribution < -0.4 is 9.47 Å². The Bertz CT molecular complexity index is 358. The monoisotopic (exact) mass is 240 g/mol. The summed E-state index contributed by atoms with van der Waals surface area (Å²) in [6, 6.07) is 4.11. The summed E-state index contributed by atoms with van der Waals surface area (Å²) in [6.45, 7) is 0.357. The van der Waals surface area contributed by atoms with Gasteiger partial charge in [0.25, 0.3) is 0 Å². The van der Waals surface area contributed by atoms with E-state index in [4.69, 9.17) is 9.47 Å². The van der Waals surface area contributed by atoms with Crippen molar-refractivity contribution in [1.29, 1.82) is 0 Å². The highest BCUT2D eigenvalue weighted by Crippen LogP contribution is 2.47. The first kappa shape index (κ1) is 7.68. The predicted molar refractivity (Wildman–Crippen MR) is 52.2 cm³/mol.